The van der Waals surface area contributed by atoms with Gasteiger partial charge in [-0.05, 0) is 36.3 Å². The molecule has 2 aromatic heterocycles. The van der Waals surface area contributed by atoms with E-state index < -0.39 is 0 Å². The third-order valence-electron chi connectivity index (χ3n) is 5.50. The zero-order chi connectivity index (χ0) is 23.5. The average Bonchev–Trinajstić information content (AvgIpc) is 3.46. The van der Waals surface area contributed by atoms with Crippen LogP contribution in [0.2, 0.25) is 0 Å². The Labute approximate surface area is 195 Å². The van der Waals surface area contributed by atoms with Crippen LogP contribution in [0.3, 0.4) is 0 Å². The number of fused-ring (bicyclic) bond motifs is 2. The molecule has 1 amide bonds. The van der Waals surface area contributed by atoms with Crippen LogP contribution in [0.4, 0.5) is 0 Å². The average molecular weight is 457 g/mol. The Hall–Kier alpha value is -4.40. The SMILES string of the molecule is Cc1cccc(Cn2cnc3c(cnn3CCNC(=O)/C=C\c3ccc4c(c3)OCO4)c2=O)c1. The Kier molecular flexibility index (Phi) is 5.82. The molecule has 0 radical (unpaired) electrons. The summed E-state index contributed by atoms with van der Waals surface area (Å²) in [6.07, 6.45) is 6.23. The van der Waals surface area contributed by atoms with Crippen LogP contribution >= 0.6 is 0 Å². The molecule has 2 aromatic carbocycles. The van der Waals surface area contributed by atoms with Gasteiger partial charge in [-0.15, -0.1) is 0 Å². The van der Waals surface area contributed by atoms with Crippen molar-refractivity contribution in [3.8, 4) is 11.5 Å². The smallest absolute Gasteiger partial charge is 0.264 e. The number of ether oxygens (including phenoxy) is 2. The molecule has 0 atom stereocenters. The number of carbonyl (C=O) groups excluding carboxylic acids is 1. The first kappa shape index (κ1) is 21.4. The van der Waals surface area contributed by atoms with Crippen LogP contribution in [0.1, 0.15) is 16.7 Å². The summed E-state index contributed by atoms with van der Waals surface area (Å²) < 4.78 is 13.8. The van der Waals surface area contributed by atoms with Gasteiger partial charge >= 0.3 is 0 Å². The summed E-state index contributed by atoms with van der Waals surface area (Å²) in [5, 5.41) is 7.55. The van der Waals surface area contributed by atoms with Crippen molar-refractivity contribution in [2.45, 2.75) is 20.0 Å². The van der Waals surface area contributed by atoms with Crippen LogP contribution in [0.25, 0.3) is 17.1 Å². The quantitative estimate of drug-likeness (QED) is 0.428. The molecule has 3 heterocycles. The minimum absolute atomic E-state index is 0.145. The van der Waals surface area contributed by atoms with Crippen LogP contribution in [0.5, 0.6) is 11.5 Å². The zero-order valence-electron chi connectivity index (χ0n) is 18.6. The lowest BCUT2D eigenvalue weighted by Crippen LogP contribution is -2.26. The van der Waals surface area contributed by atoms with E-state index in [1.54, 1.807) is 15.3 Å². The fraction of sp³-hybridized carbons (Fsp3) is 0.200. The third kappa shape index (κ3) is 4.54. The standard InChI is InChI=1S/C25H23N5O4/c1-17-3-2-4-19(11-17)14-29-15-27-24-20(25(29)32)13-28-30(24)10-9-26-23(31)8-6-18-5-7-21-22(12-18)34-16-33-21/h2-8,11-13,15H,9-10,14,16H2,1H3,(H,26,31)/b8-6-. The number of hydrogen-bond acceptors (Lipinski definition) is 6. The van der Waals surface area contributed by atoms with E-state index >= 15 is 0 Å². The lowest BCUT2D eigenvalue weighted by atomic mass is 10.1. The Morgan fingerprint density at radius 1 is 1.18 bits per heavy atom. The van der Waals surface area contributed by atoms with Crippen molar-refractivity contribution < 1.29 is 14.3 Å². The minimum atomic E-state index is -0.234. The van der Waals surface area contributed by atoms with Crippen molar-refractivity contribution >= 4 is 23.0 Å². The van der Waals surface area contributed by atoms with Crippen molar-refractivity contribution in [2.75, 3.05) is 13.3 Å². The second-order valence-corrected chi connectivity index (χ2v) is 8.01. The second kappa shape index (κ2) is 9.22. The molecule has 1 aliphatic heterocycles. The number of nitrogens with one attached hydrogen (secondary N) is 1. The first-order chi connectivity index (χ1) is 16.6. The molecule has 0 fully saturated rings. The van der Waals surface area contributed by atoms with Crippen LogP contribution in [-0.4, -0.2) is 38.6 Å². The lowest BCUT2D eigenvalue weighted by Gasteiger charge is -2.07. The molecule has 34 heavy (non-hydrogen) atoms. The zero-order valence-corrected chi connectivity index (χ0v) is 18.6. The number of aryl methyl sites for hydroxylation is 1. The molecule has 9 nitrogen and oxygen atoms in total. The van der Waals surface area contributed by atoms with Gasteiger partial charge in [0, 0.05) is 12.6 Å². The van der Waals surface area contributed by atoms with Gasteiger partial charge in [0.1, 0.15) is 11.7 Å². The minimum Gasteiger partial charge on any atom is -0.454 e. The van der Waals surface area contributed by atoms with Crippen molar-refractivity contribution in [3.05, 3.63) is 88.1 Å². The molecular weight excluding hydrogens is 434 g/mol. The number of benzene rings is 2. The van der Waals surface area contributed by atoms with Gasteiger partial charge in [-0.3, -0.25) is 14.2 Å². The monoisotopic (exact) mass is 457 g/mol. The molecule has 0 saturated carbocycles. The first-order valence-corrected chi connectivity index (χ1v) is 10.9. The molecule has 0 spiro atoms. The predicted octanol–water partition coefficient (Wildman–Crippen LogP) is 2.51. The van der Waals surface area contributed by atoms with E-state index in [1.807, 2.05) is 49.4 Å². The lowest BCUT2D eigenvalue weighted by molar-refractivity contribution is -0.116. The summed E-state index contributed by atoms with van der Waals surface area (Å²) in [4.78, 5) is 29.5. The molecule has 4 aromatic rings. The van der Waals surface area contributed by atoms with Gasteiger partial charge < -0.3 is 14.8 Å². The number of aromatic nitrogens is 4. The molecule has 0 unspecified atom stereocenters. The van der Waals surface area contributed by atoms with Gasteiger partial charge in [0.25, 0.3) is 5.56 Å². The van der Waals surface area contributed by atoms with E-state index in [0.29, 0.717) is 42.2 Å². The predicted molar refractivity (Wildman–Crippen MR) is 127 cm³/mol. The van der Waals surface area contributed by atoms with E-state index in [1.165, 1.54) is 18.6 Å². The van der Waals surface area contributed by atoms with Crippen molar-refractivity contribution in [1.82, 2.24) is 24.6 Å². The third-order valence-corrected chi connectivity index (χ3v) is 5.50. The largest absolute Gasteiger partial charge is 0.454 e. The summed E-state index contributed by atoms with van der Waals surface area (Å²) in [6.45, 7) is 3.40. The van der Waals surface area contributed by atoms with Crippen LogP contribution in [-0.2, 0) is 17.9 Å². The fourth-order valence-corrected chi connectivity index (χ4v) is 3.81. The highest BCUT2D eigenvalue weighted by molar-refractivity contribution is 5.91. The maximum atomic E-state index is 12.9. The normalized spacial score (nSPS) is 12.5. The molecule has 0 bridgehead atoms. The van der Waals surface area contributed by atoms with E-state index in [9.17, 15) is 9.59 Å². The number of rotatable bonds is 7. The van der Waals surface area contributed by atoms with E-state index in [0.717, 1.165) is 16.7 Å². The Balaban J connectivity index is 1.20. The van der Waals surface area contributed by atoms with Crippen LogP contribution in [0.15, 0.2) is 65.9 Å². The van der Waals surface area contributed by atoms with Crippen molar-refractivity contribution in [1.29, 1.82) is 0 Å². The highest BCUT2D eigenvalue weighted by Gasteiger charge is 2.13. The molecular formula is C25H23N5O4. The summed E-state index contributed by atoms with van der Waals surface area (Å²) >= 11 is 0. The van der Waals surface area contributed by atoms with Crippen molar-refractivity contribution in [3.63, 3.8) is 0 Å². The van der Waals surface area contributed by atoms with Gasteiger partial charge in [-0.25, -0.2) is 9.67 Å². The van der Waals surface area contributed by atoms with E-state index in [2.05, 4.69) is 15.4 Å². The Morgan fingerprint density at radius 3 is 2.94 bits per heavy atom. The molecule has 0 saturated heterocycles. The van der Waals surface area contributed by atoms with Gasteiger partial charge in [0.15, 0.2) is 17.1 Å². The number of carbonyl (C=O) groups is 1. The van der Waals surface area contributed by atoms with Gasteiger partial charge in [-0.2, -0.15) is 5.10 Å². The number of nitrogens with zero attached hydrogens (tertiary/aromatic N) is 4. The second-order valence-electron chi connectivity index (χ2n) is 8.01. The number of hydrogen-bond donors (Lipinski definition) is 1. The Bertz CT molecular complexity index is 1450. The molecule has 1 N–H and O–H groups in total. The summed E-state index contributed by atoms with van der Waals surface area (Å²) in [6, 6.07) is 13.5. The topological polar surface area (TPSA) is 100 Å². The molecule has 5 rings (SSSR count). The molecule has 172 valence electrons. The maximum absolute atomic E-state index is 12.9. The maximum Gasteiger partial charge on any atom is 0.264 e. The highest BCUT2D eigenvalue weighted by atomic mass is 16.7. The summed E-state index contributed by atoms with van der Waals surface area (Å²) in [7, 11) is 0. The summed E-state index contributed by atoms with van der Waals surface area (Å²) in [5.74, 6) is 1.13. The van der Waals surface area contributed by atoms with Gasteiger partial charge in [0.2, 0.25) is 12.7 Å². The van der Waals surface area contributed by atoms with Crippen LogP contribution < -0.4 is 20.3 Å². The first-order valence-electron chi connectivity index (χ1n) is 10.9. The van der Waals surface area contributed by atoms with Crippen LogP contribution in [0, 0.1) is 6.92 Å². The summed E-state index contributed by atoms with van der Waals surface area (Å²) in [5.41, 5.74) is 3.36. The highest BCUT2D eigenvalue weighted by Crippen LogP contribution is 2.32. The van der Waals surface area contributed by atoms with E-state index in [-0.39, 0.29) is 18.3 Å². The molecule has 9 heteroatoms. The van der Waals surface area contributed by atoms with Gasteiger partial charge in [0.05, 0.1) is 19.3 Å². The van der Waals surface area contributed by atoms with E-state index in [4.69, 9.17) is 9.47 Å². The van der Waals surface area contributed by atoms with Gasteiger partial charge in [-0.1, -0.05) is 35.9 Å². The van der Waals surface area contributed by atoms with Crippen molar-refractivity contribution in [2.24, 2.45) is 0 Å². The molecule has 1 aliphatic rings. The molecule has 0 aliphatic carbocycles. The number of amides is 1. The Morgan fingerprint density at radius 2 is 2.06 bits per heavy atom. The fourth-order valence-electron chi connectivity index (χ4n) is 3.81.